The normalized spacial score (nSPS) is 38.5. The van der Waals surface area contributed by atoms with E-state index in [0.717, 1.165) is 12.6 Å². The van der Waals surface area contributed by atoms with Crippen molar-refractivity contribution < 1.29 is 0 Å². The number of nitrogens with zero attached hydrogens (tertiary/aromatic N) is 1. The predicted octanol–water partition coefficient (Wildman–Crippen LogP) is 3.20. The van der Waals surface area contributed by atoms with Crippen molar-refractivity contribution in [3.8, 4) is 0 Å². The molecule has 0 amide bonds. The average molecular weight is 201 g/mol. The van der Waals surface area contributed by atoms with Gasteiger partial charge in [-0.25, -0.2) is 0 Å². The van der Waals surface area contributed by atoms with Gasteiger partial charge in [0.2, 0.25) is 0 Å². The molecule has 2 aliphatic rings. The van der Waals surface area contributed by atoms with Gasteiger partial charge in [0.25, 0.3) is 0 Å². The lowest BCUT2D eigenvalue weighted by atomic mass is 9.91. The summed E-state index contributed by atoms with van der Waals surface area (Å²) in [6, 6.07) is 11.8. The van der Waals surface area contributed by atoms with Crippen molar-refractivity contribution in [1.29, 1.82) is 0 Å². The first-order chi connectivity index (χ1) is 7.31. The summed E-state index contributed by atoms with van der Waals surface area (Å²) in [5.74, 6) is 0. The molecule has 0 N–H and O–H groups in total. The number of rotatable bonds is 2. The van der Waals surface area contributed by atoms with Crippen LogP contribution in [0.25, 0.3) is 0 Å². The third-order valence-corrected chi connectivity index (χ3v) is 4.29. The van der Waals surface area contributed by atoms with Gasteiger partial charge in [0, 0.05) is 18.1 Å². The van der Waals surface area contributed by atoms with Gasteiger partial charge in [-0.3, -0.25) is 4.90 Å². The third kappa shape index (κ3) is 1.50. The van der Waals surface area contributed by atoms with Crippen LogP contribution in [0.15, 0.2) is 30.3 Å². The summed E-state index contributed by atoms with van der Waals surface area (Å²) < 4.78 is 0. The molecule has 3 atom stereocenters. The first kappa shape index (κ1) is 9.41. The lowest BCUT2D eigenvalue weighted by molar-refractivity contribution is 0.396. The largest absolute Gasteiger partial charge is 0.287 e. The van der Waals surface area contributed by atoms with Crippen molar-refractivity contribution in [2.45, 2.75) is 50.7 Å². The van der Waals surface area contributed by atoms with Crippen LogP contribution >= 0.6 is 0 Å². The fourth-order valence-corrected chi connectivity index (χ4v) is 3.25. The maximum absolute atomic E-state index is 2.69. The van der Waals surface area contributed by atoms with Crippen molar-refractivity contribution in [1.82, 2.24) is 4.90 Å². The highest BCUT2D eigenvalue weighted by atomic mass is 15.4. The highest BCUT2D eigenvalue weighted by Crippen LogP contribution is 2.51. The Morgan fingerprint density at radius 3 is 2.73 bits per heavy atom. The highest BCUT2D eigenvalue weighted by molar-refractivity contribution is 5.21. The number of fused-ring (bicyclic) bond motifs is 1. The molecule has 1 saturated heterocycles. The summed E-state index contributed by atoms with van der Waals surface area (Å²) in [6.07, 6.45) is 5.69. The minimum Gasteiger partial charge on any atom is -0.287 e. The predicted molar refractivity (Wildman–Crippen MR) is 62.6 cm³/mol. The molecule has 2 fully saturated rings. The second kappa shape index (κ2) is 3.34. The average Bonchev–Trinajstić information content (AvgIpc) is 2.85. The molecule has 1 nitrogen and oxygen atoms in total. The lowest BCUT2D eigenvalue weighted by Crippen LogP contribution is -2.16. The van der Waals surface area contributed by atoms with E-state index in [1.807, 2.05) is 0 Å². The third-order valence-electron chi connectivity index (χ3n) is 4.29. The number of benzene rings is 1. The minimum absolute atomic E-state index is 0.550. The quantitative estimate of drug-likeness (QED) is 0.664. The van der Waals surface area contributed by atoms with Gasteiger partial charge in [0.1, 0.15) is 0 Å². The molecule has 0 aromatic heterocycles. The van der Waals surface area contributed by atoms with E-state index in [-0.39, 0.29) is 0 Å². The van der Waals surface area contributed by atoms with Gasteiger partial charge < -0.3 is 0 Å². The van der Waals surface area contributed by atoms with E-state index in [4.69, 9.17) is 0 Å². The Hall–Kier alpha value is -0.820. The number of hydrogen-bond donors (Lipinski definition) is 0. The second-order valence-electron chi connectivity index (χ2n) is 5.23. The fraction of sp³-hybridized carbons (Fsp3) is 0.571. The fourth-order valence-electron chi connectivity index (χ4n) is 3.25. The first-order valence-corrected chi connectivity index (χ1v) is 6.11. The molecule has 1 aliphatic heterocycles. The molecule has 0 radical (unpaired) electrons. The molecule has 3 unspecified atom stereocenters. The Balaban J connectivity index is 1.71. The van der Waals surface area contributed by atoms with Crippen molar-refractivity contribution in [2.75, 3.05) is 0 Å². The Morgan fingerprint density at radius 2 is 2.07 bits per heavy atom. The Labute approximate surface area is 92.1 Å². The van der Waals surface area contributed by atoms with Gasteiger partial charge in [0.05, 0.1) is 0 Å². The monoisotopic (exact) mass is 201 g/mol. The Bertz CT molecular complexity index is 346. The standard InChI is InChI=1S/C14H19N/c1-14-10-6-5-9-13(14)15(14)11-12-7-3-2-4-8-12/h2-4,7-8,13H,5-6,9-11H2,1H3. The molecular weight excluding hydrogens is 182 g/mol. The molecule has 1 heteroatoms. The smallest absolute Gasteiger partial charge is 0.0344 e. The van der Waals surface area contributed by atoms with Crippen LogP contribution < -0.4 is 0 Å². The summed E-state index contributed by atoms with van der Waals surface area (Å²) >= 11 is 0. The maximum atomic E-state index is 2.69. The van der Waals surface area contributed by atoms with Gasteiger partial charge in [0.15, 0.2) is 0 Å². The van der Waals surface area contributed by atoms with Crippen molar-refractivity contribution in [2.24, 2.45) is 0 Å². The van der Waals surface area contributed by atoms with Crippen LogP contribution in [-0.2, 0) is 6.54 Å². The van der Waals surface area contributed by atoms with Gasteiger partial charge in [-0.05, 0) is 25.3 Å². The topological polar surface area (TPSA) is 3.01 Å². The zero-order valence-corrected chi connectivity index (χ0v) is 9.45. The molecule has 0 bridgehead atoms. The van der Waals surface area contributed by atoms with Crippen LogP contribution in [0.3, 0.4) is 0 Å². The van der Waals surface area contributed by atoms with Crippen LogP contribution in [-0.4, -0.2) is 16.5 Å². The Kier molecular flexibility index (Phi) is 2.10. The van der Waals surface area contributed by atoms with Crippen LogP contribution in [0.4, 0.5) is 0 Å². The summed E-state index contributed by atoms with van der Waals surface area (Å²) in [6.45, 7) is 3.60. The molecule has 1 saturated carbocycles. The van der Waals surface area contributed by atoms with Crippen LogP contribution in [0, 0.1) is 0 Å². The zero-order chi connectivity index (χ0) is 10.3. The van der Waals surface area contributed by atoms with Gasteiger partial charge in [-0.1, -0.05) is 43.2 Å². The Morgan fingerprint density at radius 1 is 1.27 bits per heavy atom. The number of likely N-dealkylation sites (tertiary alicyclic amines) is 1. The molecule has 1 aromatic rings. The molecule has 3 rings (SSSR count). The van der Waals surface area contributed by atoms with E-state index in [1.165, 1.54) is 31.2 Å². The summed E-state index contributed by atoms with van der Waals surface area (Å²) in [4.78, 5) is 2.69. The van der Waals surface area contributed by atoms with Crippen molar-refractivity contribution >= 4 is 0 Å². The van der Waals surface area contributed by atoms with Crippen molar-refractivity contribution in [3.63, 3.8) is 0 Å². The molecule has 1 heterocycles. The lowest BCUT2D eigenvalue weighted by Gasteiger charge is -2.14. The van der Waals surface area contributed by atoms with Gasteiger partial charge >= 0.3 is 0 Å². The van der Waals surface area contributed by atoms with Gasteiger partial charge in [-0.15, -0.1) is 0 Å². The highest BCUT2D eigenvalue weighted by Gasteiger charge is 2.58. The summed E-state index contributed by atoms with van der Waals surface area (Å²) in [5.41, 5.74) is 2.02. The zero-order valence-electron chi connectivity index (χ0n) is 9.45. The van der Waals surface area contributed by atoms with E-state index in [1.54, 1.807) is 0 Å². The summed E-state index contributed by atoms with van der Waals surface area (Å²) in [5, 5.41) is 0. The van der Waals surface area contributed by atoms with Crippen LogP contribution in [0.1, 0.15) is 38.2 Å². The van der Waals surface area contributed by atoms with Crippen LogP contribution in [0.5, 0.6) is 0 Å². The van der Waals surface area contributed by atoms with Gasteiger partial charge in [-0.2, -0.15) is 0 Å². The summed E-state index contributed by atoms with van der Waals surface area (Å²) in [7, 11) is 0. The van der Waals surface area contributed by atoms with Crippen molar-refractivity contribution in [3.05, 3.63) is 35.9 Å². The molecule has 80 valence electrons. The van der Waals surface area contributed by atoms with E-state index >= 15 is 0 Å². The minimum atomic E-state index is 0.550. The molecular formula is C14H19N. The number of hydrogen-bond acceptors (Lipinski definition) is 1. The van der Waals surface area contributed by atoms with Crippen LogP contribution in [0.2, 0.25) is 0 Å². The first-order valence-electron chi connectivity index (χ1n) is 6.11. The molecule has 15 heavy (non-hydrogen) atoms. The van der Waals surface area contributed by atoms with E-state index in [9.17, 15) is 0 Å². The second-order valence-corrected chi connectivity index (χ2v) is 5.23. The van der Waals surface area contributed by atoms with E-state index in [0.29, 0.717) is 5.54 Å². The van der Waals surface area contributed by atoms with E-state index < -0.39 is 0 Å². The van der Waals surface area contributed by atoms with E-state index in [2.05, 4.69) is 42.2 Å². The molecule has 0 spiro atoms. The molecule has 1 aliphatic carbocycles. The maximum Gasteiger partial charge on any atom is 0.0344 e. The SMILES string of the molecule is CC12CCCCC1N2Cc1ccccc1. The molecule has 1 aromatic carbocycles.